The summed E-state index contributed by atoms with van der Waals surface area (Å²) < 4.78 is 2.05. The van der Waals surface area contributed by atoms with Gasteiger partial charge in [0, 0.05) is 30.9 Å². The minimum absolute atomic E-state index is 0.672. The fourth-order valence-electron chi connectivity index (χ4n) is 1.99. The predicted molar refractivity (Wildman–Crippen MR) is 85.1 cm³/mol. The number of nitrogens with zero attached hydrogens (tertiary/aromatic N) is 2. The zero-order chi connectivity index (χ0) is 14.5. The summed E-state index contributed by atoms with van der Waals surface area (Å²) in [7, 11) is 2.03. The minimum atomic E-state index is 0.672. The predicted octanol–water partition coefficient (Wildman–Crippen LogP) is 3.63. The molecule has 0 unspecified atom stereocenters. The monoisotopic (exact) mass is 289 g/mol. The molecule has 1 aromatic carbocycles. The first-order valence-electron chi connectivity index (χ1n) is 7.01. The molecule has 108 valence electrons. The van der Waals surface area contributed by atoms with Gasteiger partial charge in [0.05, 0.1) is 0 Å². The van der Waals surface area contributed by atoms with Gasteiger partial charge in [-0.05, 0) is 31.0 Å². The summed E-state index contributed by atoms with van der Waals surface area (Å²) in [6, 6.07) is 6.62. The van der Waals surface area contributed by atoms with Gasteiger partial charge in [0.15, 0.2) is 5.16 Å². The van der Waals surface area contributed by atoms with Crippen molar-refractivity contribution in [3.63, 3.8) is 0 Å². The molecule has 0 amide bonds. The standard InChI is InChI=1S/C16H23N3S/c1-12(2)10-17-11-14-9-13(3)5-6-15(14)20-16-18-7-8-19(16)4/h5-9,12,17H,10-11H2,1-4H3. The molecule has 1 heterocycles. The Bertz CT molecular complexity index is 561. The summed E-state index contributed by atoms with van der Waals surface area (Å²) in [5, 5.41) is 4.55. The second-order valence-electron chi connectivity index (χ2n) is 5.56. The first kappa shape index (κ1) is 15.1. The van der Waals surface area contributed by atoms with Crippen LogP contribution in [-0.2, 0) is 13.6 Å². The van der Waals surface area contributed by atoms with Crippen LogP contribution in [0, 0.1) is 12.8 Å². The van der Waals surface area contributed by atoms with Gasteiger partial charge >= 0.3 is 0 Å². The Labute approximate surface area is 125 Å². The molecule has 0 fully saturated rings. The maximum Gasteiger partial charge on any atom is 0.172 e. The maximum atomic E-state index is 4.39. The molecule has 0 spiro atoms. The summed E-state index contributed by atoms with van der Waals surface area (Å²) in [5.74, 6) is 0.672. The van der Waals surface area contributed by atoms with Crippen molar-refractivity contribution in [3.8, 4) is 0 Å². The van der Waals surface area contributed by atoms with Crippen LogP contribution in [0.1, 0.15) is 25.0 Å². The molecule has 0 aliphatic carbocycles. The largest absolute Gasteiger partial charge is 0.329 e. The number of benzene rings is 1. The minimum Gasteiger partial charge on any atom is -0.329 e. The van der Waals surface area contributed by atoms with E-state index in [1.165, 1.54) is 16.0 Å². The lowest BCUT2D eigenvalue weighted by molar-refractivity contribution is 0.550. The fraction of sp³-hybridized carbons (Fsp3) is 0.438. The Hall–Kier alpha value is -1.26. The SMILES string of the molecule is Cc1ccc(Sc2nccn2C)c(CNCC(C)C)c1. The van der Waals surface area contributed by atoms with E-state index in [0.29, 0.717) is 5.92 Å². The van der Waals surface area contributed by atoms with Gasteiger partial charge in [-0.25, -0.2) is 4.98 Å². The average molecular weight is 289 g/mol. The highest BCUT2D eigenvalue weighted by Gasteiger charge is 2.08. The Morgan fingerprint density at radius 2 is 2.15 bits per heavy atom. The lowest BCUT2D eigenvalue weighted by Gasteiger charge is -2.12. The van der Waals surface area contributed by atoms with Gasteiger partial charge in [0.2, 0.25) is 0 Å². The van der Waals surface area contributed by atoms with Crippen LogP contribution in [0.25, 0.3) is 0 Å². The number of rotatable bonds is 6. The molecule has 0 aliphatic rings. The Morgan fingerprint density at radius 3 is 2.80 bits per heavy atom. The van der Waals surface area contributed by atoms with Crippen molar-refractivity contribution in [1.82, 2.24) is 14.9 Å². The van der Waals surface area contributed by atoms with Crippen LogP contribution in [-0.4, -0.2) is 16.1 Å². The number of hydrogen-bond donors (Lipinski definition) is 1. The number of hydrogen-bond acceptors (Lipinski definition) is 3. The van der Waals surface area contributed by atoms with Crippen molar-refractivity contribution in [2.24, 2.45) is 13.0 Å². The first-order chi connectivity index (χ1) is 9.56. The highest BCUT2D eigenvalue weighted by Crippen LogP contribution is 2.29. The van der Waals surface area contributed by atoms with E-state index in [-0.39, 0.29) is 0 Å². The molecule has 0 atom stereocenters. The van der Waals surface area contributed by atoms with Crippen LogP contribution >= 0.6 is 11.8 Å². The van der Waals surface area contributed by atoms with Crippen molar-refractivity contribution in [3.05, 3.63) is 41.7 Å². The third-order valence-corrected chi connectivity index (χ3v) is 4.26. The Morgan fingerprint density at radius 1 is 1.35 bits per heavy atom. The van der Waals surface area contributed by atoms with Crippen molar-refractivity contribution in [1.29, 1.82) is 0 Å². The molecule has 20 heavy (non-hydrogen) atoms. The molecule has 0 radical (unpaired) electrons. The van der Waals surface area contributed by atoms with Gasteiger partial charge < -0.3 is 9.88 Å². The molecule has 0 aliphatic heterocycles. The molecule has 2 aromatic rings. The van der Waals surface area contributed by atoms with E-state index < -0.39 is 0 Å². The molecule has 0 saturated carbocycles. The van der Waals surface area contributed by atoms with Crippen LogP contribution in [0.4, 0.5) is 0 Å². The van der Waals surface area contributed by atoms with E-state index in [1.54, 1.807) is 11.8 Å². The van der Waals surface area contributed by atoms with E-state index in [9.17, 15) is 0 Å². The van der Waals surface area contributed by atoms with E-state index in [1.807, 2.05) is 19.4 Å². The molecular weight excluding hydrogens is 266 g/mol. The van der Waals surface area contributed by atoms with Gasteiger partial charge in [-0.2, -0.15) is 0 Å². The van der Waals surface area contributed by atoms with Gasteiger partial charge in [-0.3, -0.25) is 0 Å². The summed E-state index contributed by atoms with van der Waals surface area (Å²) in [5.41, 5.74) is 2.65. The van der Waals surface area contributed by atoms with Crippen LogP contribution in [0.15, 0.2) is 40.6 Å². The molecular formula is C16H23N3S. The Balaban J connectivity index is 2.13. The van der Waals surface area contributed by atoms with Crippen LogP contribution in [0.5, 0.6) is 0 Å². The number of imidazole rings is 1. The van der Waals surface area contributed by atoms with Gasteiger partial charge in [0.25, 0.3) is 0 Å². The first-order valence-corrected chi connectivity index (χ1v) is 7.83. The molecule has 4 heteroatoms. The van der Waals surface area contributed by atoms with Gasteiger partial charge in [-0.1, -0.05) is 43.3 Å². The maximum absolute atomic E-state index is 4.39. The average Bonchev–Trinajstić information content (AvgIpc) is 2.78. The zero-order valence-electron chi connectivity index (χ0n) is 12.7. The van der Waals surface area contributed by atoms with Crippen molar-refractivity contribution >= 4 is 11.8 Å². The van der Waals surface area contributed by atoms with Crippen molar-refractivity contribution in [2.45, 2.75) is 37.4 Å². The van der Waals surface area contributed by atoms with E-state index in [4.69, 9.17) is 0 Å². The summed E-state index contributed by atoms with van der Waals surface area (Å²) in [6.07, 6.45) is 3.82. The zero-order valence-corrected chi connectivity index (χ0v) is 13.5. The molecule has 0 saturated heterocycles. The summed E-state index contributed by atoms with van der Waals surface area (Å²) >= 11 is 1.73. The second-order valence-corrected chi connectivity index (χ2v) is 6.57. The van der Waals surface area contributed by atoms with Crippen LogP contribution < -0.4 is 5.32 Å². The normalized spacial score (nSPS) is 11.2. The molecule has 0 bridgehead atoms. The second kappa shape index (κ2) is 6.95. The highest BCUT2D eigenvalue weighted by molar-refractivity contribution is 7.99. The molecule has 1 aromatic heterocycles. The Kier molecular flexibility index (Phi) is 5.26. The molecule has 1 N–H and O–H groups in total. The highest BCUT2D eigenvalue weighted by atomic mass is 32.2. The number of aromatic nitrogens is 2. The smallest absolute Gasteiger partial charge is 0.172 e. The molecule has 3 nitrogen and oxygen atoms in total. The lowest BCUT2D eigenvalue weighted by atomic mass is 10.1. The van der Waals surface area contributed by atoms with Crippen LogP contribution in [0.3, 0.4) is 0 Å². The van der Waals surface area contributed by atoms with Crippen molar-refractivity contribution < 1.29 is 0 Å². The summed E-state index contributed by atoms with van der Waals surface area (Å²) in [6.45, 7) is 8.55. The number of aryl methyl sites for hydroxylation is 2. The summed E-state index contributed by atoms with van der Waals surface area (Å²) in [4.78, 5) is 5.67. The van der Waals surface area contributed by atoms with Crippen molar-refractivity contribution in [2.75, 3.05) is 6.54 Å². The van der Waals surface area contributed by atoms with Gasteiger partial charge in [-0.15, -0.1) is 0 Å². The van der Waals surface area contributed by atoms with E-state index >= 15 is 0 Å². The molecule has 2 rings (SSSR count). The van der Waals surface area contributed by atoms with E-state index in [2.05, 4.69) is 53.8 Å². The fourth-order valence-corrected chi connectivity index (χ4v) is 2.90. The lowest BCUT2D eigenvalue weighted by Crippen LogP contribution is -2.19. The third kappa shape index (κ3) is 4.12. The topological polar surface area (TPSA) is 29.9 Å². The van der Waals surface area contributed by atoms with Gasteiger partial charge in [0.1, 0.15) is 0 Å². The van der Waals surface area contributed by atoms with E-state index in [0.717, 1.165) is 18.2 Å². The quantitative estimate of drug-likeness (QED) is 0.881. The van der Waals surface area contributed by atoms with Crippen LogP contribution in [0.2, 0.25) is 0 Å². The third-order valence-electron chi connectivity index (χ3n) is 3.06. The number of nitrogens with one attached hydrogen (secondary N) is 1.